The fraction of sp³-hybridized carbons (Fsp3) is 0.429. The SMILES string of the molecule is CCNC(=NCc1ccc(OCCOC)nc1)NCC(C)Sc1ccccc1.I. The summed E-state index contributed by atoms with van der Waals surface area (Å²) in [5.41, 5.74) is 1.03. The zero-order chi connectivity index (χ0) is 20.0. The molecule has 6 nitrogen and oxygen atoms in total. The van der Waals surface area contributed by atoms with Crippen LogP contribution in [0.2, 0.25) is 0 Å². The first-order chi connectivity index (χ1) is 13.7. The van der Waals surface area contributed by atoms with Gasteiger partial charge in [0.15, 0.2) is 5.96 Å². The van der Waals surface area contributed by atoms with Crippen molar-refractivity contribution in [3.8, 4) is 5.88 Å². The second kappa shape index (κ2) is 15.3. The van der Waals surface area contributed by atoms with Gasteiger partial charge in [-0.15, -0.1) is 35.7 Å². The van der Waals surface area contributed by atoms with Crippen molar-refractivity contribution in [2.45, 2.75) is 30.5 Å². The van der Waals surface area contributed by atoms with Gasteiger partial charge in [-0.3, -0.25) is 0 Å². The van der Waals surface area contributed by atoms with Crippen LogP contribution < -0.4 is 15.4 Å². The minimum Gasteiger partial charge on any atom is -0.475 e. The standard InChI is InChI=1S/C21H30N4O2S.HI/c1-4-22-21(24-14-17(2)28-19-8-6-5-7-9-19)25-16-18-10-11-20(23-15-18)27-13-12-26-3;/h5-11,15,17H,4,12-14,16H2,1-3H3,(H2,22,24,25);1H. The quantitative estimate of drug-likeness (QED) is 0.151. The largest absolute Gasteiger partial charge is 0.475 e. The summed E-state index contributed by atoms with van der Waals surface area (Å²) in [6, 6.07) is 14.3. The van der Waals surface area contributed by atoms with Gasteiger partial charge < -0.3 is 20.1 Å². The Hall–Kier alpha value is -1.52. The molecule has 29 heavy (non-hydrogen) atoms. The molecule has 1 heterocycles. The van der Waals surface area contributed by atoms with Gasteiger partial charge in [0.1, 0.15) is 6.61 Å². The molecule has 0 radical (unpaired) electrons. The first-order valence-electron chi connectivity index (χ1n) is 9.51. The molecule has 0 aliphatic carbocycles. The third kappa shape index (κ3) is 10.7. The number of benzene rings is 1. The highest BCUT2D eigenvalue weighted by Gasteiger charge is 2.06. The van der Waals surface area contributed by atoms with Crippen molar-refractivity contribution in [3.05, 3.63) is 54.2 Å². The van der Waals surface area contributed by atoms with Crippen LogP contribution in [-0.4, -0.2) is 49.6 Å². The van der Waals surface area contributed by atoms with Crippen LogP contribution >= 0.6 is 35.7 Å². The van der Waals surface area contributed by atoms with Crippen molar-refractivity contribution >= 4 is 41.7 Å². The van der Waals surface area contributed by atoms with Gasteiger partial charge in [-0.25, -0.2) is 9.98 Å². The predicted octanol–water partition coefficient (Wildman–Crippen LogP) is 3.96. The van der Waals surface area contributed by atoms with E-state index in [4.69, 9.17) is 9.47 Å². The number of thioether (sulfide) groups is 1. The molecule has 0 amide bonds. The number of pyridine rings is 1. The van der Waals surface area contributed by atoms with Gasteiger partial charge in [0.05, 0.1) is 13.2 Å². The zero-order valence-electron chi connectivity index (χ0n) is 17.3. The van der Waals surface area contributed by atoms with Gasteiger partial charge in [0.25, 0.3) is 0 Å². The molecule has 0 bridgehead atoms. The molecule has 0 aliphatic rings. The molecule has 0 aliphatic heterocycles. The average molecular weight is 530 g/mol. The van der Waals surface area contributed by atoms with Gasteiger partial charge in [0, 0.05) is 42.6 Å². The molecule has 2 N–H and O–H groups in total. The van der Waals surface area contributed by atoms with Crippen LogP contribution in [0.1, 0.15) is 19.4 Å². The summed E-state index contributed by atoms with van der Waals surface area (Å²) in [6.07, 6.45) is 1.79. The maximum absolute atomic E-state index is 5.48. The summed E-state index contributed by atoms with van der Waals surface area (Å²) in [6.45, 7) is 7.52. The fourth-order valence-corrected chi connectivity index (χ4v) is 3.29. The third-order valence-corrected chi connectivity index (χ3v) is 4.85. The molecule has 2 aromatic rings. The van der Waals surface area contributed by atoms with Crippen molar-refractivity contribution < 1.29 is 9.47 Å². The number of nitrogens with one attached hydrogen (secondary N) is 2. The molecule has 1 atom stereocenters. The van der Waals surface area contributed by atoms with E-state index in [9.17, 15) is 0 Å². The number of ether oxygens (including phenoxy) is 2. The van der Waals surface area contributed by atoms with Gasteiger partial charge in [-0.05, 0) is 24.6 Å². The second-order valence-electron chi connectivity index (χ2n) is 6.16. The van der Waals surface area contributed by atoms with Crippen LogP contribution in [0.4, 0.5) is 0 Å². The first kappa shape index (κ1) is 25.5. The Kier molecular flexibility index (Phi) is 13.5. The third-order valence-electron chi connectivity index (χ3n) is 3.74. The number of hydrogen-bond donors (Lipinski definition) is 2. The monoisotopic (exact) mass is 530 g/mol. The Morgan fingerprint density at radius 1 is 1.14 bits per heavy atom. The van der Waals surface area contributed by atoms with E-state index in [2.05, 4.69) is 58.7 Å². The van der Waals surface area contributed by atoms with Gasteiger partial charge in [-0.1, -0.05) is 31.2 Å². The predicted molar refractivity (Wildman–Crippen MR) is 132 cm³/mol. The van der Waals surface area contributed by atoms with E-state index in [0.717, 1.165) is 24.6 Å². The van der Waals surface area contributed by atoms with Crippen LogP contribution in [0.15, 0.2) is 58.5 Å². The molecule has 8 heteroatoms. The van der Waals surface area contributed by atoms with Gasteiger partial charge in [0.2, 0.25) is 5.88 Å². The summed E-state index contributed by atoms with van der Waals surface area (Å²) in [5, 5.41) is 7.13. The molecular weight excluding hydrogens is 499 g/mol. The molecule has 0 saturated carbocycles. The molecule has 160 valence electrons. The summed E-state index contributed by atoms with van der Waals surface area (Å²) in [5.74, 6) is 1.41. The molecular formula is C21H31IN4O2S. The van der Waals surface area contributed by atoms with Crippen molar-refractivity contribution in [1.29, 1.82) is 0 Å². The molecule has 0 saturated heterocycles. The van der Waals surface area contributed by atoms with Crippen LogP contribution in [0, 0.1) is 0 Å². The zero-order valence-corrected chi connectivity index (χ0v) is 20.4. The van der Waals surface area contributed by atoms with Crippen molar-refractivity contribution in [1.82, 2.24) is 15.6 Å². The van der Waals surface area contributed by atoms with E-state index < -0.39 is 0 Å². The van der Waals surface area contributed by atoms with E-state index in [1.54, 1.807) is 13.3 Å². The molecule has 1 aromatic carbocycles. The highest BCUT2D eigenvalue weighted by Crippen LogP contribution is 2.21. The maximum Gasteiger partial charge on any atom is 0.213 e. The van der Waals surface area contributed by atoms with E-state index in [1.165, 1.54) is 4.90 Å². The first-order valence-corrected chi connectivity index (χ1v) is 10.4. The van der Waals surface area contributed by atoms with E-state index >= 15 is 0 Å². The van der Waals surface area contributed by atoms with Gasteiger partial charge >= 0.3 is 0 Å². The number of rotatable bonds is 11. The summed E-state index contributed by atoms with van der Waals surface area (Å²) in [7, 11) is 1.65. The number of methoxy groups -OCH3 is 1. The Morgan fingerprint density at radius 2 is 1.93 bits per heavy atom. The molecule has 1 aromatic heterocycles. The van der Waals surface area contributed by atoms with Crippen molar-refractivity contribution in [2.75, 3.05) is 33.4 Å². The lowest BCUT2D eigenvalue weighted by Gasteiger charge is -2.15. The highest BCUT2D eigenvalue weighted by atomic mass is 127. The summed E-state index contributed by atoms with van der Waals surface area (Å²) >= 11 is 1.85. The second-order valence-corrected chi connectivity index (χ2v) is 7.68. The average Bonchev–Trinajstić information content (AvgIpc) is 2.72. The van der Waals surface area contributed by atoms with Crippen LogP contribution in [-0.2, 0) is 11.3 Å². The minimum absolute atomic E-state index is 0. The Morgan fingerprint density at radius 3 is 2.59 bits per heavy atom. The Labute approximate surface area is 195 Å². The van der Waals surface area contributed by atoms with E-state index in [0.29, 0.717) is 30.9 Å². The molecule has 2 rings (SSSR count). The highest BCUT2D eigenvalue weighted by molar-refractivity contribution is 14.0. The number of hydrogen-bond acceptors (Lipinski definition) is 5. The number of nitrogens with zero attached hydrogens (tertiary/aromatic N) is 2. The smallest absolute Gasteiger partial charge is 0.213 e. The van der Waals surface area contributed by atoms with Crippen molar-refractivity contribution in [2.24, 2.45) is 4.99 Å². The number of halogens is 1. The maximum atomic E-state index is 5.48. The van der Waals surface area contributed by atoms with Crippen LogP contribution in [0.5, 0.6) is 5.88 Å². The van der Waals surface area contributed by atoms with Crippen LogP contribution in [0.25, 0.3) is 0 Å². The van der Waals surface area contributed by atoms with Crippen LogP contribution in [0.3, 0.4) is 0 Å². The molecule has 0 spiro atoms. The van der Waals surface area contributed by atoms with E-state index in [-0.39, 0.29) is 24.0 Å². The Balaban J connectivity index is 0.00000420. The normalized spacial score (nSPS) is 12.0. The fourth-order valence-electron chi connectivity index (χ4n) is 2.34. The number of guanidine groups is 1. The number of aliphatic imine (C=N–C) groups is 1. The lowest BCUT2D eigenvalue weighted by Crippen LogP contribution is -2.40. The molecule has 0 fully saturated rings. The lowest BCUT2D eigenvalue weighted by molar-refractivity contribution is 0.143. The van der Waals surface area contributed by atoms with E-state index in [1.807, 2.05) is 30.0 Å². The van der Waals surface area contributed by atoms with Gasteiger partial charge in [-0.2, -0.15) is 0 Å². The summed E-state index contributed by atoms with van der Waals surface area (Å²) in [4.78, 5) is 10.2. The lowest BCUT2D eigenvalue weighted by atomic mass is 10.3. The molecule has 1 unspecified atom stereocenters. The Bertz CT molecular complexity index is 702. The topological polar surface area (TPSA) is 67.8 Å². The number of aromatic nitrogens is 1. The minimum atomic E-state index is 0. The van der Waals surface area contributed by atoms with Crippen molar-refractivity contribution in [3.63, 3.8) is 0 Å². The summed E-state index contributed by atoms with van der Waals surface area (Å²) < 4.78 is 10.4.